The minimum Gasteiger partial charge on any atom is -0.486 e. The topological polar surface area (TPSA) is 35.0 Å². The Bertz CT molecular complexity index is 469. The van der Waals surface area contributed by atoms with Crippen molar-refractivity contribution < 1.29 is 4.74 Å². The minimum absolute atomic E-state index is 0.405. The predicted octanol–water partition coefficient (Wildman–Crippen LogP) is 3.18. The molecule has 2 aromatic rings. The van der Waals surface area contributed by atoms with Crippen LogP contribution >= 0.6 is 0 Å². The average Bonchev–Trinajstić information content (AvgIpc) is 2.38. The lowest BCUT2D eigenvalue weighted by Crippen LogP contribution is -2.00. The molecule has 0 atom stereocenters. The van der Waals surface area contributed by atoms with Crippen molar-refractivity contribution in [1.29, 1.82) is 0 Å². The lowest BCUT2D eigenvalue weighted by atomic mass is 10.0. The second-order valence-corrected chi connectivity index (χ2v) is 4.18. The molecule has 88 valence electrons. The summed E-state index contributed by atoms with van der Waals surface area (Å²) >= 11 is 0. The van der Waals surface area contributed by atoms with E-state index in [9.17, 15) is 0 Å². The van der Waals surface area contributed by atoms with Crippen LogP contribution in [0.3, 0.4) is 0 Å². The van der Waals surface area contributed by atoms with Crippen LogP contribution in [0.25, 0.3) is 0 Å². The first-order chi connectivity index (χ1) is 8.25. The Morgan fingerprint density at radius 3 is 2.59 bits per heavy atom. The van der Waals surface area contributed by atoms with E-state index in [4.69, 9.17) is 4.74 Å². The summed E-state index contributed by atoms with van der Waals surface area (Å²) < 4.78 is 5.66. The van der Waals surface area contributed by atoms with Gasteiger partial charge in [-0.3, -0.25) is 0 Å². The van der Waals surface area contributed by atoms with Gasteiger partial charge in [0, 0.05) is 12.4 Å². The lowest BCUT2D eigenvalue weighted by Gasteiger charge is -2.09. The summed E-state index contributed by atoms with van der Waals surface area (Å²) in [6.07, 6.45) is 3.44. The number of rotatable bonds is 4. The number of aromatic nitrogens is 2. The predicted molar refractivity (Wildman–Crippen MR) is 66.9 cm³/mol. The molecule has 0 unspecified atom stereocenters. The molecule has 0 aliphatic heterocycles. The highest BCUT2D eigenvalue weighted by Crippen LogP contribution is 2.20. The Morgan fingerprint density at radius 2 is 1.88 bits per heavy atom. The van der Waals surface area contributed by atoms with E-state index in [1.807, 2.05) is 12.1 Å². The largest absolute Gasteiger partial charge is 0.486 e. The molecule has 1 aromatic heterocycles. The second kappa shape index (κ2) is 5.43. The maximum Gasteiger partial charge on any atom is 0.166 e. The standard InChI is InChI=1S/C14H16N2O/c1-11(2)12-5-3-6-13(9-12)17-10-14-15-7-4-8-16-14/h3-9,11H,10H2,1-2H3. The van der Waals surface area contributed by atoms with E-state index in [1.165, 1.54) is 5.56 Å². The van der Waals surface area contributed by atoms with Crippen molar-refractivity contribution in [2.75, 3.05) is 0 Å². The van der Waals surface area contributed by atoms with Crippen molar-refractivity contribution in [2.45, 2.75) is 26.4 Å². The molecule has 3 nitrogen and oxygen atoms in total. The lowest BCUT2D eigenvalue weighted by molar-refractivity contribution is 0.295. The van der Waals surface area contributed by atoms with E-state index < -0.39 is 0 Å². The van der Waals surface area contributed by atoms with Gasteiger partial charge in [-0.2, -0.15) is 0 Å². The fourth-order valence-electron chi connectivity index (χ4n) is 1.52. The normalized spacial score (nSPS) is 10.5. The van der Waals surface area contributed by atoms with E-state index in [1.54, 1.807) is 18.5 Å². The van der Waals surface area contributed by atoms with Crippen molar-refractivity contribution in [3.8, 4) is 5.75 Å². The van der Waals surface area contributed by atoms with Crippen molar-refractivity contribution in [2.24, 2.45) is 0 Å². The van der Waals surface area contributed by atoms with Crippen LogP contribution in [0.1, 0.15) is 31.2 Å². The summed E-state index contributed by atoms with van der Waals surface area (Å²) in [4.78, 5) is 8.23. The Balaban J connectivity index is 2.02. The van der Waals surface area contributed by atoms with Crippen LogP contribution in [0.5, 0.6) is 5.75 Å². The van der Waals surface area contributed by atoms with Crippen LogP contribution < -0.4 is 4.74 Å². The van der Waals surface area contributed by atoms with Crippen LogP contribution in [-0.4, -0.2) is 9.97 Å². The fraction of sp³-hybridized carbons (Fsp3) is 0.286. The van der Waals surface area contributed by atoms with Gasteiger partial charge in [0.1, 0.15) is 12.4 Å². The Morgan fingerprint density at radius 1 is 1.12 bits per heavy atom. The Kier molecular flexibility index (Phi) is 3.70. The third kappa shape index (κ3) is 3.28. The average molecular weight is 228 g/mol. The van der Waals surface area contributed by atoms with E-state index >= 15 is 0 Å². The van der Waals surface area contributed by atoms with Gasteiger partial charge in [0.15, 0.2) is 5.82 Å². The molecule has 0 aliphatic rings. The van der Waals surface area contributed by atoms with Gasteiger partial charge < -0.3 is 4.74 Å². The molecule has 0 aliphatic carbocycles. The van der Waals surface area contributed by atoms with Gasteiger partial charge in [-0.05, 0) is 29.7 Å². The van der Waals surface area contributed by atoms with Crippen molar-refractivity contribution >= 4 is 0 Å². The molecular formula is C14H16N2O. The number of hydrogen-bond donors (Lipinski definition) is 0. The Hall–Kier alpha value is -1.90. The first-order valence-electron chi connectivity index (χ1n) is 5.74. The highest BCUT2D eigenvalue weighted by atomic mass is 16.5. The molecule has 17 heavy (non-hydrogen) atoms. The fourth-order valence-corrected chi connectivity index (χ4v) is 1.52. The molecule has 2 rings (SSSR count). The van der Waals surface area contributed by atoms with Gasteiger partial charge in [0.05, 0.1) is 0 Å². The first-order valence-corrected chi connectivity index (χ1v) is 5.74. The maximum atomic E-state index is 5.66. The number of nitrogens with zero attached hydrogens (tertiary/aromatic N) is 2. The van der Waals surface area contributed by atoms with Gasteiger partial charge in [0.2, 0.25) is 0 Å². The highest BCUT2D eigenvalue weighted by Gasteiger charge is 2.02. The van der Waals surface area contributed by atoms with Gasteiger partial charge in [-0.15, -0.1) is 0 Å². The van der Waals surface area contributed by atoms with E-state index in [0.29, 0.717) is 18.3 Å². The Labute approximate surface area is 102 Å². The van der Waals surface area contributed by atoms with E-state index in [2.05, 4.69) is 35.9 Å². The van der Waals surface area contributed by atoms with Gasteiger partial charge >= 0.3 is 0 Å². The summed E-state index contributed by atoms with van der Waals surface area (Å²) in [5, 5.41) is 0. The van der Waals surface area contributed by atoms with Crippen LogP contribution in [-0.2, 0) is 6.61 Å². The molecule has 0 N–H and O–H groups in total. The van der Waals surface area contributed by atoms with Crippen LogP contribution in [0, 0.1) is 0 Å². The summed E-state index contributed by atoms with van der Waals surface area (Å²) in [5.41, 5.74) is 1.27. The molecule has 0 saturated carbocycles. The summed E-state index contributed by atoms with van der Waals surface area (Å²) in [6.45, 7) is 4.74. The molecule has 0 bridgehead atoms. The molecule has 0 saturated heterocycles. The zero-order chi connectivity index (χ0) is 12.1. The monoisotopic (exact) mass is 228 g/mol. The van der Waals surface area contributed by atoms with Crippen LogP contribution in [0.2, 0.25) is 0 Å². The minimum atomic E-state index is 0.405. The molecule has 1 aromatic carbocycles. The van der Waals surface area contributed by atoms with Gasteiger partial charge in [-0.1, -0.05) is 26.0 Å². The molecule has 0 fully saturated rings. The second-order valence-electron chi connectivity index (χ2n) is 4.18. The van der Waals surface area contributed by atoms with Crippen molar-refractivity contribution in [3.05, 3.63) is 54.1 Å². The quantitative estimate of drug-likeness (QED) is 0.806. The molecule has 0 amide bonds. The molecule has 0 radical (unpaired) electrons. The van der Waals surface area contributed by atoms with Gasteiger partial charge in [0.25, 0.3) is 0 Å². The zero-order valence-electron chi connectivity index (χ0n) is 10.1. The number of ether oxygens (including phenoxy) is 1. The first kappa shape index (κ1) is 11.6. The molecule has 1 heterocycles. The summed E-state index contributed by atoms with van der Waals surface area (Å²) in [7, 11) is 0. The van der Waals surface area contributed by atoms with Crippen LogP contribution in [0.4, 0.5) is 0 Å². The summed E-state index contributed by atoms with van der Waals surface area (Å²) in [5.74, 6) is 2.07. The van der Waals surface area contributed by atoms with Gasteiger partial charge in [-0.25, -0.2) is 9.97 Å². The zero-order valence-corrected chi connectivity index (χ0v) is 10.1. The smallest absolute Gasteiger partial charge is 0.166 e. The SMILES string of the molecule is CC(C)c1cccc(OCc2ncccn2)c1. The van der Waals surface area contributed by atoms with Crippen LogP contribution in [0.15, 0.2) is 42.7 Å². The van der Waals surface area contributed by atoms with Crippen molar-refractivity contribution in [3.63, 3.8) is 0 Å². The number of hydrogen-bond acceptors (Lipinski definition) is 3. The number of benzene rings is 1. The third-order valence-corrected chi connectivity index (χ3v) is 2.51. The summed E-state index contributed by atoms with van der Waals surface area (Å²) in [6, 6.07) is 9.93. The molecule has 3 heteroatoms. The van der Waals surface area contributed by atoms with Crippen molar-refractivity contribution in [1.82, 2.24) is 9.97 Å². The van der Waals surface area contributed by atoms with E-state index in [-0.39, 0.29) is 0 Å². The maximum absolute atomic E-state index is 5.66. The third-order valence-electron chi connectivity index (χ3n) is 2.51. The molecular weight excluding hydrogens is 212 g/mol. The molecule has 0 spiro atoms. The van der Waals surface area contributed by atoms with E-state index in [0.717, 1.165) is 5.75 Å². The highest BCUT2D eigenvalue weighted by molar-refractivity contribution is 5.30.